The van der Waals surface area contributed by atoms with Gasteiger partial charge in [0.05, 0.1) is 18.4 Å². The molecular formula is C23H29F2N3O5. The van der Waals surface area contributed by atoms with E-state index < -0.39 is 36.2 Å². The van der Waals surface area contributed by atoms with Gasteiger partial charge in [-0.15, -0.1) is 5.10 Å². The van der Waals surface area contributed by atoms with Gasteiger partial charge in [0.1, 0.15) is 0 Å². The number of alkyl halides is 2. The highest BCUT2D eigenvalue weighted by atomic mass is 19.3. The number of nitrogens with two attached hydrogens (primary N) is 1. The van der Waals surface area contributed by atoms with Crippen molar-refractivity contribution in [1.29, 1.82) is 0 Å². The van der Waals surface area contributed by atoms with Crippen molar-refractivity contribution in [3.63, 3.8) is 0 Å². The number of hydrogen-bond donors (Lipinski definition) is 1. The van der Waals surface area contributed by atoms with Gasteiger partial charge in [-0.3, -0.25) is 14.4 Å². The maximum Gasteiger partial charge on any atom is 0.308 e. The summed E-state index contributed by atoms with van der Waals surface area (Å²) in [5.41, 5.74) is 5.50. The fraction of sp³-hybridized carbons (Fsp3) is 0.478. The summed E-state index contributed by atoms with van der Waals surface area (Å²) in [7, 11) is 1.30. The van der Waals surface area contributed by atoms with Crippen LogP contribution in [0.15, 0.2) is 36.5 Å². The van der Waals surface area contributed by atoms with E-state index in [0.717, 1.165) is 10.2 Å². The Balaban J connectivity index is 2.10. The highest BCUT2D eigenvalue weighted by Gasteiger charge is 2.39. The molecule has 2 atom stereocenters. The Morgan fingerprint density at radius 3 is 2.48 bits per heavy atom. The van der Waals surface area contributed by atoms with Crippen LogP contribution in [0.4, 0.5) is 8.78 Å². The number of nitrogens with zero attached hydrogens (tertiary/aromatic N) is 2. The minimum Gasteiger partial charge on any atom is -0.470 e. The molecule has 0 fully saturated rings. The maximum atomic E-state index is 14.5. The summed E-state index contributed by atoms with van der Waals surface area (Å²) in [4.78, 5) is 35.2. The molecule has 0 saturated heterocycles. The molecule has 0 radical (unpaired) electrons. The molecule has 1 aromatic carbocycles. The van der Waals surface area contributed by atoms with Crippen LogP contribution in [0, 0.1) is 5.92 Å². The molecule has 2 rings (SSSR count). The molecule has 33 heavy (non-hydrogen) atoms. The summed E-state index contributed by atoms with van der Waals surface area (Å²) in [6, 6.07) is 8.15. The van der Waals surface area contributed by atoms with Crippen molar-refractivity contribution >= 4 is 17.8 Å². The lowest BCUT2D eigenvalue weighted by Gasteiger charge is -2.29. The van der Waals surface area contributed by atoms with E-state index in [1.165, 1.54) is 33.2 Å². The summed E-state index contributed by atoms with van der Waals surface area (Å²) in [6.07, 6.45) is 0.791. The lowest BCUT2D eigenvalue weighted by atomic mass is 9.76. The zero-order valence-corrected chi connectivity index (χ0v) is 19.1. The van der Waals surface area contributed by atoms with E-state index in [1.54, 1.807) is 31.2 Å². The molecule has 0 aliphatic carbocycles. The SMILES string of the molecule is COC(=O)[C@@H](C)Cc1cccc(C(C)(CCC(F)(F)COc2ccn(C(C)=O)n2)C(N)=O)c1. The predicted molar refractivity (Wildman–Crippen MR) is 116 cm³/mol. The van der Waals surface area contributed by atoms with Gasteiger partial charge in [0.25, 0.3) is 5.92 Å². The smallest absolute Gasteiger partial charge is 0.308 e. The molecule has 1 aromatic heterocycles. The normalized spacial score (nSPS) is 14.2. The van der Waals surface area contributed by atoms with Crippen LogP contribution in [0.25, 0.3) is 0 Å². The Hall–Kier alpha value is -3.30. The zero-order chi connectivity index (χ0) is 24.8. The average Bonchev–Trinajstić information content (AvgIpc) is 3.25. The number of aromatic nitrogens is 2. The molecule has 0 aliphatic rings. The number of esters is 1. The third-order valence-electron chi connectivity index (χ3n) is 5.56. The van der Waals surface area contributed by atoms with Crippen LogP contribution in [0.3, 0.4) is 0 Å². The Labute approximate surface area is 191 Å². The highest BCUT2D eigenvalue weighted by molar-refractivity contribution is 5.86. The molecule has 0 aliphatic heterocycles. The largest absolute Gasteiger partial charge is 0.470 e. The Kier molecular flexibility index (Phi) is 8.29. The molecule has 0 bridgehead atoms. The van der Waals surface area contributed by atoms with E-state index >= 15 is 0 Å². The monoisotopic (exact) mass is 465 g/mol. The number of carbonyl (C=O) groups excluding carboxylic acids is 3. The van der Waals surface area contributed by atoms with Crippen molar-refractivity contribution < 1.29 is 32.6 Å². The third-order valence-corrected chi connectivity index (χ3v) is 5.56. The fourth-order valence-corrected chi connectivity index (χ4v) is 3.33. The van der Waals surface area contributed by atoms with Gasteiger partial charge >= 0.3 is 5.97 Å². The average molecular weight is 465 g/mol. The summed E-state index contributed by atoms with van der Waals surface area (Å²) in [5.74, 6) is -5.26. The van der Waals surface area contributed by atoms with E-state index in [2.05, 4.69) is 5.10 Å². The maximum absolute atomic E-state index is 14.5. The van der Waals surface area contributed by atoms with Crippen LogP contribution in [-0.4, -0.2) is 47.2 Å². The number of methoxy groups -OCH3 is 1. The van der Waals surface area contributed by atoms with Gasteiger partial charge in [-0.1, -0.05) is 31.2 Å². The van der Waals surface area contributed by atoms with Gasteiger partial charge in [-0.25, -0.2) is 13.5 Å². The van der Waals surface area contributed by atoms with E-state index in [1.807, 2.05) is 0 Å². The lowest BCUT2D eigenvalue weighted by Crippen LogP contribution is -2.40. The van der Waals surface area contributed by atoms with E-state index in [9.17, 15) is 23.2 Å². The standard InChI is InChI=1S/C23H29F2N3O5/c1-15(20(30)32-4)12-17-6-5-7-18(13-17)22(3,21(26)31)9-10-23(24,25)14-33-19-8-11-28(27-19)16(2)29/h5-8,11,13,15H,9-10,12,14H2,1-4H3,(H2,26,31)/t15-,22?/m0/s1. The fourth-order valence-electron chi connectivity index (χ4n) is 3.33. The zero-order valence-electron chi connectivity index (χ0n) is 19.1. The van der Waals surface area contributed by atoms with Crippen LogP contribution < -0.4 is 10.5 Å². The number of halogens is 2. The van der Waals surface area contributed by atoms with E-state index in [-0.39, 0.29) is 24.2 Å². The van der Waals surface area contributed by atoms with Crippen molar-refractivity contribution in [2.24, 2.45) is 11.7 Å². The molecule has 1 unspecified atom stereocenters. The van der Waals surface area contributed by atoms with Crippen molar-refractivity contribution in [2.75, 3.05) is 13.7 Å². The van der Waals surface area contributed by atoms with Gasteiger partial charge in [-0.05, 0) is 30.9 Å². The molecule has 1 amide bonds. The first-order valence-corrected chi connectivity index (χ1v) is 10.4. The first kappa shape index (κ1) is 26.0. The van der Waals surface area contributed by atoms with Gasteiger partial charge in [0, 0.05) is 25.6 Å². The second-order valence-corrected chi connectivity index (χ2v) is 8.29. The van der Waals surface area contributed by atoms with Crippen molar-refractivity contribution in [3.05, 3.63) is 47.7 Å². The first-order chi connectivity index (χ1) is 15.4. The van der Waals surface area contributed by atoms with Gasteiger partial charge in [-0.2, -0.15) is 0 Å². The molecule has 2 aromatic rings. The van der Waals surface area contributed by atoms with Crippen LogP contribution in [0.2, 0.25) is 0 Å². The second-order valence-electron chi connectivity index (χ2n) is 8.29. The summed E-state index contributed by atoms with van der Waals surface area (Å²) in [6.45, 7) is 3.55. The van der Waals surface area contributed by atoms with Crippen molar-refractivity contribution in [2.45, 2.75) is 51.4 Å². The third kappa shape index (κ3) is 6.84. The summed E-state index contributed by atoms with van der Waals surface area (Å²) in [5, 5.41) is 3.75. The molecule has 10 heteroatoms. The molecule has 180 valence electrons. The Morgan fingerprint density at radius 2 is 1.91 bits per heavy atom. The molecule has 0 spiro atoms. The number of ether oxygens (including phenoxy) is 2. The number of rotatable bonds is 11. The molecule has 2 N–H and O–H groups in total. The van der Waals surface area contributed by atoms with E-state index in [0.29, 0.717) is 12.0 Å². The Morgan fingerprint density at radius 1 is 1.21 bits per heavy atom. The highest BCUT2D eigenvalue weighted by Crippen LogP contribution is 2.34. The van der Waals surface area contributed by atoms with Gasteiger partial charge in [0.2, 0.25) is 17.7 Å². The second kappa shape index (κ2) is 10.5. The molecule has 1 heterocycles. The topological polar surface area (TPSA) is 114 Å². The quantitative estimate of drug-likeness (QED) is 0.510. The number of hydrogen-bond acceptors (Lipinski definition) is 6. The summed E-state index contributed by atoms with van der Waals surface area (Å²) >= 11 is 0. The number of benzene rings is 1. The van der Waals surface area contributed by atoms with Crippen LogP contribution in [-0.2, 0) is 26.2 Å². The van der Waals surface area contributed by atoms with E-state index in [4.69, 9.17) is 15.2 Å². The van der Waals surface area contributed by atoms with Crippen LogP contribution in [0.1, 0.15) is 49.5 Å². The van der Waals surface area contributed by atoms with Gasteiger partial charge in [0.15, 0.2) is 6.61 Å². The predicted octanol–water partition coefficient (Wildman–Crippen LogP) is 3.13. The minimum absolute atomic E-state index is 0.102. The van der Waals surface area contributed by atoms with Gasteiger partial charge < -0.3 is 15.2 Å². The number of primary amides is 1. The lowest BCUT2D eigenvalue weighted by molar-refractivity contribution is -0.144. The van der Waals surface area contributed by atoms with Crippen LogP contribution in [0.5, 0.6) is 5.88 Å². The molecule has 8 nitrogen and oxygen atoms in total. The molecule has 0 saturated carbocycles. The van der Waals surface area contributed by atoms with Crippen molar-refractivity contribution in [3.8, 4) is 5.88 Å². The van der Waals surface area contributed by atoms with Crippen molar-refractivity contribution in [1.82, 2.24) is 9.78 Å². The minimum atomic E-state index is -3.27. The summed E-state index contributed by atoms with van der Waals surface area (Å²) < 4.78 is 39.8. The number of carbonyl (C=O) groups is 3. The Bertz CT molecular complexity index is 1010. The van der Waals surface area contributed by atoms with Crippen LogP contribution >= 0.6 is 0 Å². The molecular weight excluding hydrogens is 436 g/mol. The first-order valence-electron chi connectivity index (χ1n) is 10.4. The number of amides is 1.